The zero-order chi connectivity index (χ0) is 22.1. The lowest BCUT2D eigenvalue weighted by molar-refractivity contribution is -0.123. The minimum Gasteiger partial charge on any atom is -0.370 e. The second-order valence-electron chi connectivity index (χ2n) is 8.94. The lowest BCUT2D eigenvalue weighted by atomic mass is 9.88. The number of amides is 1. The summed E-state index contributed by atoms with van der Waals surface area (Å²) in [4.78, 5) is 28.1. The summed E-state index contributed by atoms with van der Waals surface area (Å²) in [6.07, 6.45) is 7.48. The first kappa shape index (κ1) is 20.6. The summed E-state index contributed by atoms with van der Waals surface area (Å²) in [5, 5.41) is 3.46. The fraction of sp³-hybridized carbons (Fsp3) is 0.333. The molecule has 1 unspecified atom stereocenters. The van der Waals surface area contributed by atoms with Gasteiger partial charge in [-0.15, -0.1) is 0 Å². The van der Waals surface area contributed by atoms with Gasteiger partial charge in [0.05, 0.1) is 0 Å². The minimum absolute atomic E-state index is 0.0227. The summed E-state index contributed by atoms with van der Waals surface area (Å²) >= 11 is 0. The lowest BCUT2D eigenvalue weighted by Crippen LogP contribution is -2.34. The number of benzene rings is 2. The SMILES string of the molecule is CN(C(=O)C1CCCCC1)c1ccc(C(=O)C2Nc3ccccc3Cn3cccc32)cc1. The molecule has 0 spiro atoms. The Bertz CT molecular complexity index is 1130. The molecule has 1 fully saturated rings. The van der Waals surface area contributed by atoms with E-state index in [4.69, 9.17) is 0 Å². The molecule has 1 atom stereocenters. The number of rotatable bonds is 4. The molecular formula is C27H29N3O2. The van der Waals surface area contributed by atoms with Crippen LogP contribution in [-0.4, -0.2) is 23.3 Å². The number of nitrogens with one attached hydrogen (secondary N) is 1. The van der Waals surface area contributed by atoms with Crippen molar-refractivity contribution in [3.63, 3.8) is 0 Å². The van der Waals surface area contributed by atoms with E-state index in [-0.39, 0.29) is 17.6 Å². The molecule has 1 aromatic heterocycles. The number of carbonyl (C=O) groups excluding carboxylic acids is 2. The van der Waals surface area contributed by atoms with E-state index in [0.717, 1.165) is 49.3 Å². The molecule has 1 aliphatic carbocycles. The van der Waals surface area contributed by atoms with Crippen molar-refractivity contribution >= 4 is 23.1 Å². The molecule has 3 aromatic rings. The topological polar surface area (TPSA) is 54.3 Å². The summed E-state index contributed by atoms with van der Waals surface area (Å²) in [5.74, 6) is 0.330. The number of hydrogen-bond donors (Lipinski definition) is 1. The highest BCUT2D eigenvalue weighted by molar-refractivity contribution is 6.03. The maximum atomic E-state index is 13.5. The Morgan fingerprint density at radius 1 is 0.938 bits per heavy atom. The van der Waals surface area contributed by atoms with Crippen molar-refractivity contribution in [2.75, 3.05) is 17.3 Å². The number of Topliss-reactive ketones (excluding diaryl/α,β-unsaturated/α-hetero) is 1. The summed E-state index contributed by atoms with van der Waals surface area (Å²) in [6, 6.07) is 19.1. The quantitative estimate of drug-likeness (QED) is 0.565. The molecule has 1 saturated carbocycles. The van der Waals surface area contributed by atoms with Crippen LogP contribution in [-0.2, 0) is 11.3 Å². The second-order valence-corrected chi connectivity index (χ2v) is 8.94. The van der Waals surface area contributed by atoms with Crippen molar-refractivity contribution in [3.05, 3.63) is 83.7 Å². The number of carbonyl (C=O) groups is 2. The van der Waals surface area contributed by atoms with Crippen LogP contribution >= 0.6 is 0 Å². The molecule has 0 bridgehead atoms. The van der Waals surface area contributed by atoms with E-state index in [0.29, 0.717) is 5.56 Å². The molecule has 1 amide bonds. The van der Waals surface area contributed by atoms with Crippen LogP contribution in [0.25, 0.3) is 0 Å². The average molecular weight is 428 g/mol. The van der Waals surface area contributed by atoms with Crippen LogP contribution in [0.1, 0.15) is 59.8 Å². The number of fused-ring (bicyclic) bond motifs is 2. The Morgan fingerprint density at radius 3 is 2.47 bits per heavy atom. The van der Waals surface area contributed by atoms with Gasteiger partial charge in [0.1, 0.15) is 6.04 Å². The molecular weight excluding hydrogens is 398 g/mol. The van der Waals surface area contributed by atoms with Crippen LogP contribution in [0.2, 0.25) is 0 Å². The predicted molar refractivity (Wildman–Crippen MR) is 127 cm³/mol. The monoisotopic (exact) mass is 427 g/mol. The number of nitrogens with zero attached hydrogens (tertiary/aromatic N) is 2. The summed E-state index contributed by atoms with van der Waals surface area (Å²) in [7, 11) is 1.84. The van der Waals surface area contributed by atoms with E-state index in [2.05, 4.69) is 16.0 Å². The van der Waals surface area contributed by atoms with Gasteiger partial charge < -0.3 is 14.8 Å². The van der Waals surface area contributed by atoms with Crippen molar-refractivity contribution in [1.29, 1.82) is 0 Å². The molecule has 2 aromatic carbocycles. The Kier molecular flexibility index (Phi) is 5.56. The van der Waals surface area contributed by atoms with Gasteiger partial charge in [-0.1, -0.05) is 37.5 Å². The number of anilines is 2. The van der Waals surface area contributed by atoms with Gasteiger partial charge in [0, 0.05) is 48.3 Å². The van der Waals surface area contributed by atoms with Gasteiger partial charge in [-0.05, 0) is 60.9 Å². The van der Waals surface area contributed by atoms with Gasteiger partial charge in [0.2, 0.25) is 5.91 Å². The van der Waals surface area contributed by atoms with E-state index >= 15 is 0 Å². The first-order valence-electron chi connectivity index (χ1n) is 11.5. The van der Waals surface area contributed by atoms with Crippen molar-refractivity contribution in [2.45, 2.75) is 44.7 Å². The smallest absolute Gasteiger partial charge is 0.229 e. The van der Waals surface area contributed by atoms with Crippen molar-refractivity contribution < 1.29 is 9.59 Å². The lowest BCUT2D eigenvalue weighted by Gasteiger charge is -2.26. The number of para-hydroxylation sites is 1. The predicted octanol–water partition coefficient (Wildman–Crippen LogP) is 5.43. The zero-order valence-electron chi connectivity index (χ0n) is 18.5. The maximum Gasteiger partial charge on any atom is 0.229 e. The average Bonchev–Trinajstić information content (AvgIpc) is 3.24. The Morgan fingerprint density at radius 2 is 1.69 bits per heavy atom. The summed E-state index contributed by atoms with van der Waals surface area (Å²) in [6.45, 7) is 0.738. The van der Waals surface area contributed by atoms with E-state index < -0.39 is 6.04 Å². The number of aromatic nitrogens is 1. The number of ketones is 1. The van der Waals surface area contributed by atoms with Crippen molar-refractivity contribution in [2.24, 2.45) is 5.92 Å². The zero-order valence-corrected chi connectivity index (χ0v) is 18.5. The molecule has 2 aliphatic rings. The highest BCUT2D eigenvalue weighted by Crippen LogP contribution is 2.32. The van der Waals surface area contributed by atoms with Gasteiger partial charge >= 0.3 is 0 Å². The minimum atomic E-state index is -0.457. The van der Waals surface area contributed by atoms with E-state index in [1.54, 1.807) is 4.90 Å². The van der Waals surface area contributed by atoms with Crippen LogP contribution in [0, 0.1) is 5.92 Å². The summed E-state index contributed by atoms with van der Waals surface area (Å²) in [5.41, 5.74) is 4.58. The molecule has 5 heteroatoms. The van der Waals surface area contributed by atoms with Crippen LogP contribution in [0.5, 0.6) is 0 Å². The van der Waals surface area contributed by atoms with Crippen molar-refractivity contribution in [1.82, 2.24) is 4.57 Å². The molecule has 2 heterocycles. The third-order valence-electron chi connectivity index (χ3n) is 6.90. The van der Waals surface area contributed by atoms with E-state index in [1.165, 1.54) is 12.0 Å². The van der Waals surface area contributed by atoms with Gasteiger partial charge in [-0.3, -0.25) is 9.59 Å². The highest BCUT2D eigenvalue weighted by atomic mass is 16.2. The molecule has 32 heavy (non-hydrogen) atoms. The van der Waals surface area contributed by atoms with Gasteiger partial charge in [0.15, 0.2) is 5.78 Å². The molecule has 0 saturated heterocycles. The molecule has 5 nitrogen and oxygen atoms in total. The third-order valence-corrected chi connectivity index (χ3v) is 6.90. The standard InChI is InChI=1S/C27H29N3O2/c1-29(27(32)20-8-3-2-4-9-20)22-15-13-19(14-16-22)26(31)25-24-12-7-17-30(24)18-21-10-5-6-11-23(21)28-25/h5-7,10-17,20,25,28H,2-4,8-9,18H2,1H3. The molecule has 1 N–H and O–H groups in total. The van der Waals surface area contributed by atoms with E-state index in [1.807, 2.05) is 67.8 Å². The van der Waals surface area contributed by atoms with Crippen LogP contribution in [0.4, 0.5) is 11.4 Å². The van der Waals surface area contributed by atoms with E-state index in [9.17, 15) is 9.59 Å². The molecule has 0 radical (unpaired) electrons. The molecule has 164 valence electrons. The van der Waals surface area contributed by atoms with Gasteiger partial charge in [-0.25, -0.2) is 0 Å². The largest absolute Gasteiger partial charge is 0.370 e. The first-order chi connectivity index (χ1) is 15.6. The number of hydrogen-bond acceptors (Lipinski definition) is 3. The van der Waals surface area contributed by atoms with Crippen LogP contribution < -0.4 is 10.2 Å². The third kappa shape index (κ3) is 3.83. The second kappa shape index (κ2) is 8.65. The Balaban J connectivity index is 1.37. The Labute approximate surface area is 189 Å². The first-order valence-corrected chi connectivity index (χ1v) is 11.5. The van der Waals surface area contributed by atoms with Gasteiger partial charge in [0.25, 0.3) is 0 Å². The molecule has 5 rings (SSSR count). The maximum absolute atomic E-state index is 13.5. The highest BCUT2D eigenvalue weighted by Gasteiger charge is 2.29. The summed E-state index contributed by atoms with van der Waals surface area (Å²) < 4.78 is 2.13. The fourth-order valence-corrected chi connectivity index (χ4v) is 5.01. The fourth-order valence-electron chi connectivity index (χ4n) is 5.01. The Hall–Kier alpha value is -3.34. The van der Waals surface area contributed by atoms with Crippen LogP contribution in [0.3, 0.4) is 0 Å². The van der Waals surface area contributed by atoms with Crippen molar-refractivity contribution in [3.8, 4) is 0 Å². The normalized spacial score (nSPS) is 18.1. The molecule has 1 aliphatic heterocycles. The van der Waals surface area contributed by atoms with Gasteiger partial charge in [-0.2, -0.15) is 0 Å². The van der Waals surface area contributed by atoms with Crippen LogP contribution in [0.15, 0.2) is 66.9 Å².